The number of hydrogen-bond acceptors (Lipinski definition) is 6. The summed E-state index contributed by atoms with van der Waals surface area (Å²) in [6.07, 6.45) is 12.2. The minimum absolute atomic E-state index is 0.0415. The summed E-state index contributed by atoms with van der Waals surface area (Å²) < 4.78 is 48.5. The molecule has 0 aromatic carbocycles. The molecule has 1 unspecified atom stereocenters. The van der Waals surface area contributed by atoms with Crippen LogP contribution in [0.25, 0.3) is 0 Å². The van der Waals surface area contributed by atoms with Crippen molar-refractivity contribution in [1.29, 1.82) is 0 Å². The lowest BCUT2D eigenvalue weighted by Gasteiger charge is -2.24. The number of aliphatic hydroxyl groups is 1. The van der Waals surface area contributed by atoms with Crippen molar-refractivity contribution in [2.24, 2.45) is 0 Å². The van der Waals surface area contributed by atoms with Gasteiger partial charge < -0.3 is 19.2 Å². The number of ether oxygens (including phenoxy) is 1. The molecule has 198 valence electrons. The van der Waals surface area contributed by atoms with E-state index in [4.69, 9.17) is 17.9 Å². The average molecular weight is 500 g/mol. The highest BCUT2D eigenvalue weighted by Gasteiger charge is 2.24. The smallest absolute Gasteiger partial charge is 0.463 e. The lowest BCUT2D eigenvalue weighted by molar-refractivity contribution is -0.870. The number of hydrogen-bond donors (Lipinski definition) is 2. The van der Waals surface area contributed by atoms with Crippen LogP contribution in [0.5, 0.6) is 0 Å². The Balaban J connectivity index is 3.55. The van der Waals surface area contributed by atoms with Crippen LogP contribution >= 0.6 is 7.82 Å². The van der Waals surface area contributed by atoms with Crippen LogP contribution in [0.2, 0.25) is 0 Å². The molecule has 0 fully saturated rings. The predicted octanol–water partition coefficient (Wildman–Crippen LogP) is 5.21. The van der Waals surface area contributed by atoms with Crippen molar-refractivity contribution in [1.82, 2.24) is 0 Å². The second-order valence-electron chi connectivity index (χ2n) is 9.69. The van der Waals surface area contributed by atoms with Crippen molar-refractivity contribution in [3.05, 3.63) is 0 Å². The molecule has 0 aromatic heterocycles. The summed E-state index contributed by atoms with van der Waals surface area (Å²) in [5, 5.41) is 9.82. The van der Waals surface area contributed by atoms with Crippen LogP contribution in [0, 0.1) is 0 Å². The molecule has 0 rings (SSSR count). The molecule has 0 saturated carbocycles. The van der Waals surface area contributed by atoms with Crippen molar-refractivity contribution >= 4 is 13.8 Å². The van der Waals surface area contributed by atoms with Crippen LogP contribution in [0.4, 0.5) is 0 Å². The molecule has 9 heteroatoms. The van der Waals surface area contributed by atoms with E-state index in [-0.39, 0.29) is 19.6 Å². The van der Waals surface area contributed by atoms with Gasteiger partial charge in [-0.3, -0.25) is 13.8 Å². The Morgan fingerprint density at radius 1 is 0.879 bits per heavy atom. The Morgan fingerprint density at radius 3 is 1.91 bits per heavy atom. The van der Waals surface area contributed by atoms with Crippen LogP contribution < -0.4 is 0 Å². The molecule has 0 aliphatic heterocycles. The number of carbonyl (C=O) groups is 1. The van der Waals surface area contributed by atoms with E-state index in [0.29, 0.717) is 17.4 Å². The van der Waals surface area contributed by atoms with Crippen molar-refractivity contribution in [2.75, 3.05) is 47.5 Å². The van der Waals surface area contributed by atoms with E-state index >= 15 is 0 Å². The highest BCUT2D eigenvalue weighted by molar-refractivity contribution is 7.47. The average Bonchev–Trinajstić information content (AvgIpc) is 2.74. The Morgan fingerprint density at radius 2 is 1.39 bits per heavy atom. The highest BCUT2D eigenvalue weighted by Crippen LogP contribution is 2.43. The summed E-state index contributed by atoms with van der Waals surface area (Å²) in [5.74, 6) is -0.403. The summed E-state index contributed by atoms with van der Waals surface area (Å²) in [5.41, 5.74) is 0. The van der Waals surface area contributed by atoms with E-state index < -0.39 is 33.4 Å². The van der Waals surface area contributed by atoms with Crippen LogP contribution in [-0.2, 0) is 23.1 Å². The van der Waals surface area contributed by atoms with E-state index in [9.17, 15) is 19.4 Å². The molecule has 2 atom stereocenters. The molecule has 0 heterocycles. The maximum atomic E-state index is 11.8. The Kier molecular flexibility index (Phi) is 16.2. The number of phosphoric ester groups is 1. The molecule has 0 amide bonds. The second kappa shape index (κ2) is 19.8. The van der Waals surface area contributed by atoms with E-state index in [2.05, 4.69) is 0 Å². The number of rotatable bonds is 23. The predicted molar refractivity (Wildman–Crippen MR) is 132 cm³/mol. The molecule has 0 aromatic rings. The van der Waals surface area contributed by atoms with Crippen LogP contribution in [-0.4, -0.2) is 74.1 Å². The van der Waals surface area contributed by atoms with Gasteiger partial charge in [-0.1, -0.05) is 83.9 Å². The Hall–Kier alpha value is -0.500. The van der Waals surface area contributed by atoms with E-state index in [1.165, 1.54) is 32.1 Å². The van der Waals surface area contributed by atoms with Gasteiger partial charge in [0.25, 0.3) is 0 Å². The molecule has 0 spiro atoms. The fourth-order valence-electron chi connectivity index (χ4n) is 3.12. The van der Waals surface area contributed by atoms with Crippen molar-refractivity contribution in [3.63, 3.8) is 0 Å². The SMILES string of the molecule is [2H]C([2H])([2H])CCCCCCCCCCCCCCC(=O)OC[C@@H](O)COP(=O)(O)OCC[N+](C)(C)C. The molecule has 0 aliphatic rings. The normalized spacial score (nSPS) is 16.5. The van der Waals surface area contributed by atoms with Crippen molar-refractivity contribution < 1.29 is 41.7 Å². The first kappa shape index (κ1) is 27.1. The molecular formula is C24H51NO7P+. The third-order valence-electron chi connectivity index (χ3n) is 5.19. The fraction of sp³-hybridized carbons (Fsp3) is 0.958. The maximum Gasteiger partial charge on any atom is 0.472 e. The zero-order valence-corrected chi connectivity index (χ0v) is 22.0. The summed E-state index contributed by atoms with van der Waals surface area (Å²) in [6.45, 7) is -1.98. The first-order valence-corrected chi connectivity index (χ1v) is 14.0. The zero-order valence-electron chi connectivity index (χ0n) is 24.1. The lowest BCUT2D eigenvalue weighted by Crippen LogP contribution is -2.37. The maximum absolute atomic E-state index is 11.8. The van der Waals surface area contributed by atoms with Gasteiger partial charge in [0.05, 0.1) is 27.7 Å². The largest absolute Gasteiger partial charge is 0.472 e. The van der Waals surface area contributed by atoms with Crippen molar-refractivity contribution in [3.8, 4) is 0 Å². The fourth-order valence-corrected chi connectivity index (χ4v) is 3.87. The Bertz CT molecular complexity index is 615. The summed E-state index contributed by atoms with van der Waals surface area (Å²) in [4.78, 5) is 21.4. The van der Waals surface area contributed by atoms with Gasteiger partial charge in [-0.2, -0.15) is 0 Å². The van der Waals surface area contributed by atoms with Gasteiger partial charge in [-0.05, 0) is 6.42 Å². The van der Waals surface area contributed by atoms with Crippen LogP contribution in [0.15, 0.2) is 0 Å². The van der Waals surface area contributed by atoms with Gasteiger partial charge in [-0.15, -0.1) is 0 Å². The first-order valence-electron chi connectivity index (χ1n) is 14.0. The molecular weight excluding hydrogens is 445 g/mol. The third-order valence-corrected chi connectivity index (χ3v) is 6.18. The number of nitrogens with zero attached hydrogens (tertiary/aromatic N) is 1. The van der Waals surface area contributed by atoms with Gasteiger partial charge in [0.15, 0.2) is 0 Å². The minimum Gasteiger partial charge on any atom is -0.463 e. The number of carbonyl (C=O) groups excluding carboxylic acids is 1. The van der Waals surface area contributed by atoms with Gasteiger partial charge in [0.2, 0.25) is 0 Å². The van der Waals surface area contributed by atoms with Gasteiger partial charge in [-0.25, -0.2) is 4.57 Å². The first-order chi connectivity index (χ1) is 16.7. The highest BCUT2D eigenvalue weighted by atomic mass is 31.2. The van der Waals surface area contributed by atoms with Gasteiger partial charge in [0, 0.05) is 10.5 Å². The van der Waals surface area contributed by atoms with Crippen LogP contribution in [0.1, 0.15) is 101 Å². The third kappa shape index (κ3) is 24.4. The number of unbranched alkanes of at least 4 members (excludes halogenated alkanes) is 11. The van der Waals surface area contributed by atoms with Crippen LogP contribution in [0.3, 0.4) is 0 Å². The number of phosphoric acid groups is 1. The summed E-state index contributed by atoms with van der Waals surface area (Å²) in [6, 6.07) is 0. The topological polar surface area (TPSA) is 102 Å². The zero-order chi connectivity index (χ0) is 27.5. The molecule has 8 nitrogen and oxygen atoms in total. The minimum atomic E-state index is -4.26. The number of likely N-dealkylation sites (N-methyl/N-ethyl adjacent to an activating group) is 1. The number of esters is 1. The molecule has 0 bridgehead atoms. The number of aliphatic hydroxyl groups excluding tert-OH is 1. The van der Waals surface area contributed by atoms with Crippen molar-refractivity contribution in [2.45, 2.75) is 103 Å². The van der Waals surface area contributed by atoms with Gasteiger partial charge >= 0.3 is 13.8 Å². The molecule has 0 saturated heterocycles. The molecule has 33 heavy (non-hydrogen) atoms. The monoisotopic (exact) mass is 499 g/mol. The van der Waals surface area contributed by atoms with E-state index in [1.54, 1.807) is 0 Å². The lowest BCUT2D eigenvalue weighted by atomic mass is 10.0. The summed E-state index contributed by atoms with van der Waals surface area (Å²) in [7, 11) is 1.51. The molecule has 2 N–H and O–H groups in total. The number of quaternary nitrogens is 1. The van der Waals surface area contributed by atoms with E-state index in [1.807, 2.05) is 21.1 Å². The van der Waals surface area contributed by atoms with Gasteiger partial charge in [0.1, 0.15) is 25.9 Å². The standard InChI is InChI=1S/C24H50NO7P/c1-5-6-7-8-9-10-11-12-13-14-15-16-17-18-24(27)30-21-23(26)22-32-33(28,29)31-20-19-25(2,3)4/h23,26H,5-22H2,1-4H3/p+1/t23-/m1/s1/i1D3. The van der Waals surface area contributed by atoms with E-state index in [0.717, 1.165) is 44.9 Å². The quantitative estimate of drug-likeness (QED) is 0.0861. The molecule has 0 radical (unpaired) electrons. The molecule has 0 aliphatic carbocycles. The second-order valence-corrected chi connectivity index (χ2v) is 11.1. The summed E-state index contributed by atoms with van der Waals surface area (Å²) >= 11 is 0. The Labute approximate surface area is 206 Å².